The Morgan fingerprint density at radius 3 is 2.47 bits per heavy atom. The molecule has 0 spiro atoms. The molecule has 1 aliphatic rings. The zero-order valence-electron chi connectivity index (χ0n) is 24.6. The average molecular weight is 671 g/mol. The lowest BCUT2D eigenvalue weighted by molar-refractivity contribution is -0.129. The second kappa shape index (κ2) is 14.8. The summed E-state index contributed by atoms with van der Waals surface area (Å²) in [6.45, 7) is 0.629. The standard InChI is InChI=1S/C34H32BrN5O5/c1-43-30-10-5-3-8-26(30)22-37-33(42)34(21-25-7-2-4-9-29(25)39-40-36)31(23-11-15-27(35)16-12-23)45-32(38-34)24-13-17-28(18-14-24)44-20-6-19-41/h2-5,7-18,31,41H,6,19-22H2,1H3,(H,37,42)/t31-,34-/m1/s1. The number of aliphatic hydroxyl groups excluding tert-OH is 1. The topological polar surface area (TPSA) is 138 Å². The number of para-hydroxylation sites is 1. The predicted octanol–water partition coefficient (Wildman–Crippen LogP) is 6.98. The van der Waals surface area contributed by atoms with E-state index >= 15 is 0 Å². The molecule has 5 rings (SSSR count). The average Bonchev–Trinajstić information content (AvgIpc) is 3.46. The number of halogens is 1. The maximum atomic E-state index is 14.6. The number of hydrogen-bond acceptors (Lipinski definition) is 7. The van der Waals surface area contributed by atoms with E-state index in [4.69, 9.17) is 24.3 Å². The van der Waals surface area contributed by atoms with Gasteiger partial charge in [0.05, 0.1) is 13.7 Å². The minimum atomic E-state index is -1.48. The lowest BCUT2D eigenvalue weighted by Crippen LogP contribution is -2.49. The summed E-state index contributed by atoms with van der Waals surface area (Å²) in [4.78, 5) is 22.6. The van der Waals surface area contributed by atoms with Crippen LogP contribution in [-0.2, 0) is 22.5 Å². The molecule has 1 amide bonds. The van der Waals surface area contributed by atoms with Gasteiger partial charge < -0.3 is 24.6 Å². The van der Waals surface area contributed by atoms with Crippen LogP contribution in [0.2, 0.25) is 0 Å². The highest BCUT2D eigenvalue weighted by molar-refractivity contribution is 9.10. The molecule has 230 valence electrons. The van der Waals surface area contributed by atoms with Crippen molar-refractivity contribution >= 4 is 33.4 Å². The molecule has 11 heteroatoms. The Hall–Kier alpha value is -4.83. The second-order valence-electron chi connectivity index (χ2n) is 10.3. The Balaban J connectivity index is 1.60. The number of aliphatic hydroxyl groups is 1. The van der Waals surface area contributed by atoms with Crippen molar-refractivity contribution < 1.29 is 24.1 Å². The number of nitrogens with one attached hydrogen (secondary N) is 1. The first-order valence-electron chi connectivity index (χ1n) is 14.4. The summed E-state index contributed by atoms with van der Waals surface area (Å²) in [5, 5.41) is 16.0. The van der Waals surface area contributed by atoms with Crippen LogP contribution in [0, 0.1) is 0 Å². The number of ether oxygens (including phenoxy) is 3. The van der Waals surface area contributed by atoms with Crippen LogP contribution < -0.4 is 14.8 Å². The van der Waals surface area contributed by atoms with E-state index in [0.29, 0.717) is 47.2 Å². The lowest BCUT2D eigenvalue weighted by atomic mass is 9.81. The summed E-state index contributed by atoms with van der Waals surface area (Å²) >= 11 is 3.50. The van der Waals surface area contributed by atoms with Crippen molar-refractivity contribution in [1.82, 2.24) is 5.32 Å². The van der Waals surface area contributed by atoms with E-state index in [9.17, 15) is 10.3 Å². The SMILES string of the molecule is COc1ccccc1CNC(=O)[C@]1(Cc2ccccc2N=[N+]=[N-])N=C(c2ccc(OCCCO)cc2)O[C@@H]1c1ccc(Br)cc1. The van der Waals surface area contributed by atoms with Crippen molar-refractivity contribution in [2.75, 3.05) is 20.3 Å². The molecular weight excluding hydrogens is 638 g/mol. The van der Waals surface area contributed by atoms with E-state index in [0.717, 1.165) is 15.6 Å². The highest BCUT2D eigenvalue weighted by Crippen LogP contribution is 2.44. The molecule has 4 aromatic carbocycles. The van der Waals surface area contributed by atoms with E-state index in [1.54, 1.807) is 31.4 Å². The lowest BCUT2D eigenvalue weighted by Gasteiger charge is -2.31. The second-order valence-corrected chi connectivity index (χ2v) is 11.2. The maximum Gasteiger partial charge on any atom is 0.252 e. The number of rotatable bonds is 13. The first kappa shape index (κ1) is 31.6. The molecule has 0 radical (unpaired) electrons. The fraction of sp³-hybridized carbons (Fsp3) is 0.235. The molecule has 45 heavy (non-hydrogen) atoms. The molecule has 0 aromatic heterocycles. The van der Waals surface area contributed by atoms with Gasteiger partial charge in [0.15, 0.2) is 11.6 Å². The van der Waals surface area contributed by atoms with Gasteiger partial charge in [0.1, 0.15) is 11.5 Å². The molecular formula is C34H32BrN5O5. The molecule has 10 nitrogen and oxygen atoms in total. The molecule has 2 atom stereocenters. The van der Waals surface area contributed by atoms with Gasteiger partial charge in [0.25, 0.3) is 5.91 Å². The zero-order chi connectivity index (χ0) is 31.6. The van der Waals surface area contributed by atoms with Crippen LogP contribution in [0.5, 0.6) is 11.5 Å². The van der Waals surface area contributed by atoms with Gasteiger partial charge in [-0.05, 0) is 59.1 Å². The van der Waals surface area contributed by atoms with E-state index in [-0.39, 0.29) is 25.5 Å². The van der Waals surface area contributed by atoms with Crippen molar-refractivity contribution in [3.8, 4) is 11.5 Å². The van der Waals surface area contributed by atoms with E-state index < -0.39 is 11.6 Å². The minimum Gasteiger partial charge on any atom is -0.496 e. The summed E-state index contributed by atoms with van der Waals surface area (Å²) < 4.78 is 18.7. The van der Waals surface area contributed by atoms with Crippen LogP contribution in [0.3, 0.4) is 0 Å². The van der Waals surface area contributed by atoms with Crippen molar-refractivity contribution in [2.24, 2.45) is 10.1 Å². The van der Waals surface area contributed by atoms with Gasteiger partial charge in [-0.25, -0.2) is 4.99 Å². The third kappa shape index (κ3) is 7.29. The van der Waals surface area contributed by atoms with Crippen molar-refractivity contribution in [3.05, 3.63) is 134 Å². The van der Waals surface area contributed by atoms with Crippen LogP contribution in [0.25, 0.3) is 10.4 Å². The summed E-state index contributed by atoms with van der Waals surface area (Å²) in [7, 11) is 1.59. The highest BCUT2D eigenvalue weighted by atomic mass is 79.9. The maximum absolute atomic E-state index is 14.6. The molecule has 2 N–H and O–H groups in total. The van der Waals surface area contributed by atoms with Crippen LogP contribution in [0.4, 0.5) is 5.69 Å². The Labute approximate surface area is 269 Å². The largest absolute Gasteiger partial charge is 0.496 e. The molecule has 1 heterocycles. The summed E-state index contributed by atoms with van der Waals surface area (Å²) in [6, 6.07) is 29.4. The smallest absolute Gasteiger partial charge is 0.252 e. The van der Waals surface area contributed by atoms with Gasteiger partial charge >= 0.3 is 0 Å². The first-order chi connectivity index (χ1) is 22.0. The van der Waals surface area contributed by atoms with Gasteiger partial charge in [0.2, 0.25) is 5.90 Å². The monoisotopic (exact) mass is 669 g/mol. The molecule has 1 aliphatic heterocycles. The predicted molar refractivity (Wildman–Crippen MR) is 175 cm³/mol. The third-order valence-corrected chi connectivity index (χ3v) is 7.97. The third-order valence-electron chi connectivity index (χ3n) is 7.44. The van der Waals surface area contributed by atoms with Crippen molar-refractivity contribution in [2.45, 2.75) is 31.0 Å². The Morgan fingerprint density at radius 2 is 1.76 bits per heavy atom. The fourth-order valence-electron chi connectivity index (χ4n) is 5.19. The van der Waals surface area contributed by atoms with Gasteiger partial charge in [0, 0.05) is 52.2 Å². The van der Waals surface area contributed by atoms with Crippen LogP contribution in [-0.4, -0.2) is 42.8 Å². The summed E-state index contributed by atoms with van der Waals surface area (Å²) in [5.74, 6) is 1.21. The Kier molecular flexibility index (Phi) is 10.4. The van der Waals surface area contributed by atoms with Gasteiger partial charge in [-0.3, -0.25) is 4.79 Å². The number of amides is 1. The number of azide groups is 1. The number of hydrogen-bond donors (Lipinski definition) is 2. The normalized spacial score (nSPS) is 17.0. The molecule has 0 saturated heterocycles. The molecule has 4 aromatic rings. The number of benzene rings is 4. The number of methoxy groups -OCH3 is 1. The van der Waals surface area contributed by atoms with Crippen molar-refractivity contribution in [3.63, 3.8) is 0 Å². The fourth-order valence-corrected chi connectivity index (χ4v) is 5.46. The van der Waals surface area contributed by atoms with E-state index in [2.05, 4.69) is 31.3 Å². The molecule has 0 fully saturated rings. The van der Waals surface area contributed by atoms with Crippen LogP contribution >= 0.6 is 15.9 Å². The Morgan fingerprint density at radius 1 is 1.04 bits per heavy atom. The number of aliphatic imine (C=N–C) groups is 1. The van der Waals surface area contributed by atoms with Crippen molar-refractivity contribution in [1.29, 1.82) is 0 Å². The summed E-state index contributed by atoms with van der Waals surface area (Å²) in [5.41, 5.74) is 11.0. The van der Waals surface area contributed by atoms with E-state index in [1.165, 1.54) is 0 Å². The van der Waals surface area contributed by atoms with Crippen LogP contribution in [0.1, 0.15) is 34.8 Å². The zero-order valence-corrected chi connectivity index (χ0v) is 26.2. The van der Waals surface area contributed by atoms with Crippen LogP contribution in [0.15, 0.2) is 112 Å². The molecule has 0 saturated carbocycles. The van der Waals surface area contributed by atoms with Gasteiger partial charge in [-0.1, -0.05) is 75.6 Å². The first-order valence-corrected chi connectivity index (χ1v) is 15.2. The molecule has 0 unspecified atom stereocenters. The minimum absolute atomic E-state index is 0.0458. The number of nitrogens with zero attached hydrogens (tertiary/aromatic N) is 4. The van der Waals surface area contributed by atoms with Gasteiger partial charge in [-0.15, -0.1) is 0 Å². The number of carbonyl (C=O) groups excluding carboxylic acids is 1. The van der Waals surface area contributed by atoms with E-state index in [1.807, 2.05) is 72.8 Å². The molecule has 0 bridgehead atoms. The quantitative estimate of drug-likeness (QED) is 0.0685. The van der Waals surface area contributed by atoms with Gasteiger partial charge in [-0.2, -0.15) is 0 Å². The Bertz CT molecular complexity index is 1710. The highest BCUT2D eigenvalue weighted by Gasteiger charge is 2.53. The number of carbonyl (C=O) groups is 1. The molecule has 0 aliphatic carbocycles. The summed E-state index contributed by atoms with van der Waals surface area (Å²) in [6.07, 6.45) is -0.208.